The van der Waals surface area contributed by atoms with Crippen molar-refractivity contribution in [3.63, 3.8) is 0 Å². The third-order valence-electron chi connectivity index (χ3n) is 4.51. The first-order valence-corrected chi connectivity index (χ1v) is 8.81. The molecule has 1 atom stereocenters. The van der Waals surface area contributed by atoms with E-state index in [0.29, 0.717) is 31.1 Å². The van der Waals surface area contributed by atoms with Gasteiger partial charge in [-0.3, -0.25) is 0 Å². The van der Waals surface area contributed by atoms with Gasteiger partial charge in [0.1, 0.15) is 6.61 Å². The van der Waals surface area contributed by atoms with E-state index in [0.717, 1.165) is 21.9 Å². The minimum absolute atomic E-state index is 0.332. The molecule has 0 aromatic heterocycles. The van der Waals surface area contributed by atoms with Crippen molar-refractivity contribution in [2.45, 2.75) is 26.1 Å². The average molecular weight is 348 g/mol. The van der Waals surface area contributed by atoms with Gasteiger partial charge < -0.3 is 14.2 Å². The fraction of sp³-hybridized carbons (Fsp3) is 0.227. The van der Waals surface area contributed by atoms with Crippen LogP contribution in [-0.4, -0.2) is 18.7 Å². The molecule has 132 valence electrons. The van der Waals surface area contributed by atoms with Gasteiger partial charge in [0, 0.05) is 12.0 Å². The Labute approximate surface area is 152 Å². The highest BCUT2D eigenvalue weighted by atomic mass is 16.6. The van der Waals surface area contributed by atoms with Gasteiger partial charge in [-0.15, -0.1) is 0 Å². The van der Waals surface area contributed by atoms with Crippen LogP contribution in [0, 0.1) is 0 Å². The third-order valence-corrected chi connectivity index (χ3v) is 4.51. The van der Waals surface area contributed by atoms with Crippen LogP contribution in [-0.2, 0) is 22.6 Å². The van der Waals surface area contributed by atoms with Gasteiger partial charge in [0.25, 0.3) is 0 Å². The van der Waals surface area contributed by atoms with Crippen LogP contribution in [0.25, 0.3) is 10.8 Å². The topological polar surface area (TPSA) is 44.8 Å². The molecule has 0 amide bonds. The lowest BCUT2D eigenvalue weighted by atomic mass is 10.0. The summed E-state index contributed by atoms with van der Waals surface area (Å²) in [6.07, 6.45) is -0.119. The number of ether oxygens (including phenoxy) is 3. The molecular weight excluding hydrogens is 328 g/mol. The van der Waals surface area contributed by atoms with Crippen molar-refractivity contribution in [3.05, 3.63) is 71.8 Å². The number of hydrogen-bond donors (Lipinski definition) is 0. The molecule has 0 radical (unpaired) electrons. The Kier molecular flexibility index (Phi) is 4.48. The number of carbonyl (C=O) groups is 1. The fourth-order valence-electron chi connectivity index (χ4n) is 3.29. The van der Waals surface area contributed by atoms with Gasteiger partial charge in [-0.1, -0.05) is 54.6 Å². The molecule has 0 bridgehead atoms. The second-order valence-electron chi connectivity index (χ2n) is 6.24. The molecule has 4 nitrogen and oxygen atoms in total. The summed E-state index contributed by atoms with van der Waals surface area (Å²) in [7, 11) is 0. The first-order chi connectivity index (χ1) is 12.8. The van der Waals surface area contributed by atoms with Crippen molar-refractivity contribution in [2.75, 3.05) is 6.61 Å². The zero-order valence-corrected chi connectivity index (χ0v) is 14.6. The van der Waals surface area contributed by atoms with Crippen LogP contribution in [0.3, 0.4) is 0 Å². The smallest absolute Gasteiger partial charge is 0.347 e. The summed E-state index contributed by atoms with van der Waals surface area (Å²) < 4.78 is 17.1. The first kappa shape index (κ1) is 16.5. The SMILES string of the molecule is CCOC(=O)C1Cc2c(c(OCc3ccccc3)cc3ccccc23)O1. The highest BCUT2D eigenvalue weighted by Crippen LogP contribution is 2.43. The maximum Gasteiger partial charge on any atom is 0.347 e. The second kappa shape index (κ2) is 7.08. The molecule has 4 rings (SSSR count). The van der Waals surface area contributed by atoms with Gasteiger partial charge in [0.05, 0.1) is 6.61 Å². The summed E-state index contributed by atoms with van der Waals surface area (Å²) in [4.78, 5) is 12.2. The Hall–Kier alpha value is -3.01. The van der Waals surface area contributed by atoms with Gasteiger partial charge in [-0.25, -0.2) is 4.79 Å². The molecule has 0 saturated carbocycles. The summed E-state index contributed by atoms with van der Waals surface area (Å²) in [6.45, 7) is 2.58. The second-order valence-corrected chi connectivity index (χ2v) is 6.24. The maximum atomic E-state index is 12.2. The van der Waals surface area contributed by atoms with Gasteiger partial charge >= 0.3 is 5.97 Å². The summed E-state index contributed by atoms with van der Waals surface area (Å²) in [5.41, 5.74) is 2.08. The van der Waals surface area contributed by atoms with Gasteiger partial charge in [-0.2, -0.15) is 0 Å². The molecule has 1 aliphatic heterocycles. The van der Waals surface area contributed by atoms with Gasteiger partial charge in [0.15, 0.2) is 17.6 Å². The monoisotopic (exact) mass is 348 g/mol. The van der Waals surface area contributed by atoms with Crippen molar-refractivity contribution < 1.29 is 19.0 Å². The molecule has 3 aromatic carbocycles. The predicted octanol–water partition coefficient (Wildman–Crippen LogP) is 4.29. The summed E-state index contributed by atoms with van der Waals surface area (Å²) in [5, 5.41) is 2.16. The van der Waals surface area contributed by atoms with Crippen LogP contribution in [0.15, 0.2) is 60.7 Å². The standard InChI is InChI=1S/C22H20O4/c1-2-24-22(23)20-13-18-17-11-7-6-10-16(17)12-19(21(18)26-20)25-14-15-8-4-3-5-9-15/h3-12,20H,2,13-14H2,1H3. The number of hydrogen-bond acceptors (Lipinski definition) is 4. The number of esters is 1. The number of fused-ring (bicyclic) bond motifs is 3. The van der Waals surface area contributed by atoms with Crippen molar-refractivity contribution in [3.8, 4) is 11.5 Å². The Morgan fingerprint density at radius 2 is 1.88 bits per heavy atom. The normalized spacial score (nSPS) is 15.3. The molecular formula is C22H20O4. The zero-order chi connectivity index (χ0) is 17.9. The Bertz CT molecular complexity index is 934. The van der Waals surface area contributed by atoms with Crippen molar-refractivity contribution in [2.24, 2.45) is 0 Å². The van der Waals surface area contributed by atoms with Crippen molar-refractivity contribution in [1.82, 2.24) is 0 Å². The molecule has 1 heterocycles. The van der Waals surface area contributed by atoms with E-state index in [1.54, 1.807) is 6.92 Å². The Morgan fingerprint density at radius 1 is 1.12 bits per heavy atom. The molecule has 1 unspecified atom stereocenters. The van der Waals surface area contributed by atoms with Crippen molar-refractivity contribution in [1.29, 1.82) is 0 Å². The van der Waals surface area contributed by atoms with E-state index in [9.17, 15) is 4.79 Å². The van der Waals surface area contributed by atoms with Crippen LogP contribution in [0.4, 0.5) is 0 Å². The highest BCUT2D eigenvalue weighted by molar-refractivity contribution is 5.92. The average Bonchev–Trinajstić information content (AvgIpc) is 3.13. The number of carbonyl (C=O) groups excluding carboxylic acids is 1. The largest absolute Gasteiger partial charge is 0.485 e. The molecule has 1 aliphatic rings. The van der Waals surface area contributed by atoms with E-state index in [-0.39, 0.29) is 5.97 Å². The van der Waals surface area contributed by atoms with E-state index in [2.05, 4.69) is 0 Å². The first-order valence-electron chi connectivity index (χ1n) is 8.81. The molecule has 26 heavy (non-hydrogen) atoms. The van der Waals surface area contributed by atoms with Crippen molar-refractivity contribution >= 4 is 16.7 Å². The van der Waals surface area contributed by atoms with Crippen LogP contribution in [0.2, 0.25) is 0 Å². The molecule has 4 heteroatoms. The summed E-state index contributed by atoms with van der Waals surface area (Å²) in [5.74, 6) is 0.980. The molecule has 0 spiro atoms. The van der Waals surface area contributed by atoms with Crippen LogP contribution < -0.4 is 9.47 Å². The minimum atomic E-state index is -0.616. The molecule has 3 aromatic rings. The van der Waals surface area contributed by atoms with Gasteiger partial charge in [0.2, 0.25) is 0 Å². The molecule has 0 N–H and O–H groups in total. The molecule has 0 fully saturated rings. The van der Waals surface area contributed by atoms with E-state index in [1.807, 2.05) is 60.7 Å². The minimum Gasteiger partial charge on any atom is -0.485 e. The highest BCUT2D eigenvalue weighted by Gasteiger charge is 2.34. The molecule has 0 aliphatic carbocycles. The number of rotatable bonds is 5. The van der Waals surface area contributed by atoms with Crippen LogP contribution in [0.1, 0.15) is 18.1 Å². The Balaban J connectivity index is 1.68. The maximum absolute atomic E-state index is 12.2. The Morgan fingerprint density at radius 3 is 2.69 bits per heavy atom. The van der Waals surface area contributed by atoms with E-state index >= 15 is 0 Å². The zero-order valence-electron chi connectivity index (χ0n) is 14.6. The quantitative estimate of drug-likeness (QED) is 0.646. The van der Waals surface area contributed by atoms with Gasteiger partial charge in [-0.05, 0) is 29.3 Å². The van der Waals surface area contributed by atoms with E-state index in [1.165, 1.54) is 0 Å². The lowest BCUT2D eigenvalue weighted by Gasteiger charge is -2.14. The fourth-order valence-corrected chi connectivity index (χ4v) is 3.29. The van der Waals surface area contributed by atoms with E-state index < -0.39 is 6.10 Å². The lowest BCUT2D eigenvalue weighted by molar-refractivity contribution is -0.150. The number of benzene rings is 3. The lowest BCUT2D eigenvalue weighted by Crippen LogP contribution is -2.27. The summed E-state index contributed by atoms with van der Waals surface area (Å²) >= 11 is 0. The summed E-state index contributed by atoms with van der Waals surface area (Å²) in [6, 6.07) is 20.0. The van der Waals surface area contributed by atoms with Crippen LogP contribution >= 0.6 is 0 Å². The third kappa shape index (κ3) is 3.10. The predicted molar refractivity (Wildman–Crippen MR) is 99.5 cm³/mol. The molecule has 0 saturated heterocycles. The van der Waals surface area contributed by atoms with Crippen LogP contribution in [0.5, 0.6) is 11.5 Å². The van der Waals surface area contributed by atoms with E-state index in [4.69, 9.17) is 14.2 Å².